The van der Waals surface area contributed by atoms with Crippen LogP contribution in [0.25, 0.3) is 0 Å². The molecule has 6 nitrogen and oxygen atoms in total. The number of aryl methyl sites for hydroxylation is 2. The Bertz CT molecular complexity index is 820. The monoisotopic (exact) mass is 415 g/mol. The molecule has 0 saturated carbocycles. The van der Waals surface area contributed by atoms with Gasteiger partial charge in [-0.05, 0) is 38.8 Å². The highest BCUT2D eigenvalue weighted by Crippen LogP contribution is 2.29. The van der Waals surface area contributed by atoms with Gasteiger partial charge in [-0.25, -0.2) is 0 Å². The maximum Gasteiger partial charge on any atom is 0.255 e. The van der Waals surface area contributed by atoms with Gasteiger partial charge in [-0.3, -0.25) is 9.69 Å². The van der Waals surface area contributed by atoms with Crippen molar-refractivity contribution in [1.82, 2.24) is 15.0 Å². The summed E-state index contributed by atoms with van der Waals surface area (Å²) in [7, 11) is 0. The Hall–Kier alpha value is -1.83. The fourth-order valence-electron chi connectivity index (χ4n) is 4.01. The van der Waals surface area contributed by atoms with E-state index in [0.717, 1.165) is 79.0 Å². The molecule has 0 spiro atoms. The van der Waals surface area contributed by atoms with Crippen molar-refractivity contribution in [2.45, 2.75) is 43.4 Å². The van der Waals surface area contributed by atoms with Gasteiger partial charge in [-0.1, -0.05) is 17.3 Å². The molecule has 156 valence electrons. The highest BCUT2D eigenvalue weighted by atomic mass is 32.2. The van der Waals surface area contributed by atoms with E-state index in [1.54, 1.807) is 11.8 Å². The van der Waals surface area contributed by atoms with Gasteiger partial charge >= 0.3 is 0 Å². The van der Waals surface area contributed by atoms with E-state index in [2.05, 4.69) is 10.1 Å². The Morgan fingerprint density at radius 1 is 1.21 bits per heavy atom. The van der Waals surface area contributed by atoms with Crippen molar-refractivity contribution in [3.8, 4) is 0 Å². The number of rotatable bonds is 6. The van der Waals surface area contributed by atoms with Crippen LogP contribution in [0.5, 0.6) is 0 Å². The first-order valence-corrected chi connectivity index (χ1v) is 11.4. The fourth-order valence-corrected chi connectivity index (χ4v) is 5.20. The quantitative estimate of drug-likeness (QED) is 0.673. The summed E-state index contributed by atoms with van der Waals surface area (Å²) in [6.45, 7) is 9.16. The van der Waals surface area contributed by atoms with Crippen LogP contribution >= 0.6 is 11.8 Å². The molecule has 2 saturated heterocycles. The van der Waals surface area contributed by atoms with Crippen LogP contribution in [0.15, 0.2) is 33.7 Å². The van der Waals surface area contributed by atoms with E-state index >= 15 is 0 Å². The first kappa shape index (κ1) is 20.4. The van der Waals surface area contributed by atoms with Gasteiger partial charge in [0.05, 0.1) is 17.4 Å². The number of ether oxygens (including phenoxy) is 1. The third-order valence-corrected chi connectivity index (χ3v) is 6.92. The van der Waals surface area contributed by atoms with Crippen molar-refractivity contribution in [1.29, 1.82) is 0 Å². The molecular formula is C22H29N3O3S. The molecule has 2 fully saturated rings. The number of hydrogen-bond acceptors (Lipinski definition) is 6. The molecule has 0 radical (unpaired) electrons. The minimum atomic E-state index is 0.128. The first-order chi connectivity index (χ1) is 14.1. The predicted octanol–water partition coefficient (Wildman–Crippen LogP) is 3.52. The Balaban J connectivity index is 1.36. The van der Waals surface area contributed by atoms with Crippen LogP contribution in [0.4, 0.5) is 0 Å². The second kappa shape index (κ2) is 9.32. The first-order valence-electron chi connectivity index (χ1n) is 10.4. The van der Waals surface area contributed by atoms with Gasteiger partial charge < -0.3 is 14.2 Å². The molecule has 0 unspecified atom stereocenters. The number of amides is 1. The number of carbonyl (C=O) groups is 1. The third kappa shape index (κ3) is 4.85. The molecule has 7 heteroatoms. The van der Waals surface area contributed by atoms with Crippen molar-refractivity contribution >= 4 is 17.7 Å². The van der Waals surface area contributed by atoms with Crippen LogP contribution in [0.2, 0.25) is 0 Å². The molecule has 2 aliphatic rings. The lowest BCUT2D eigenvalue weighted by atomic mass is 10.1. The summed E-state index contributed by atoms with van der Waals surface area (Å²) >= 11 is 1.67. The zero-order valence-corrected chi connectivity index (χ0v) is 18.0. The topological polar surface area (TPSA) is 58.8 Å². The third-order valence-electron chi connectivity index (χ3n) is 5.82. The van der Waals surface area contributed by atoms with Gasteiger partial charge in [0.1, 0.15) is 5.76 Å². The molecule has 29 heavy (non-hydrogen) atoms. The predicted molar refractivity (Wildman–Crippen MR) is 113 cm³/mol. The number of hydrogen-bond donors (Lipinski definition) is 0. The summed E-state index contributed by atoms with van der Waals surface area (Å²) in [6, 6.07) is 7.91. The van der Waals surface area contributed by atoms with Crippen molar-refractivity contribution in [2.75, 3.05) is 39.3 Å². The van der Waals surface area contributed by atoms with Crippen LogP contribution in [0, 0.1) is 13.8 Å². The molecule has 2 aromatic rings. The number of benzene rings is 1. The molecule has 0 aliphatic carbocycles. The summed E-state index contributed by atoms with van der Waals surface area (Å²) in [5.41, 5.74) is 2.82. The summed E-state index contributed by atoms with van der Waals surface area (Å²) < 4.78 is 11.0. The van der Waals surface area contributed by atoms with Gasteiger partial charge in [-0.2, -0.15) is 0 Å². The molecule has 3 heterocycles. The van der Waals surface area contributed by atoms with E-state index in [4.69, 9.17) is 9.26 Å². The lowest BCUT2D eigenvalue weighted by Crippen LogP contribution is -2.50. The maximum absolute atomic E-state index is 13.2. The standard InChI is InChI=1S/C22H29N3O3S/c1-16-20(17(2)28-23-16)15-29-21-8-4-3-7-19(21)22(26)25-11-9-24(10-12-25)14-18-6-5-13-27-18/h3-4,7-8,18H,5-6,9-15H2,1-2H3/t18-/m1/s1. The van der Waals surface area contributed by atoms with E-state index in [1.165, 1.54) is 6.42 Å². The minimum absolute atomic E-state index is 0.128. The zero-order chi connectivity index (χ0) is 20.2. The van der Waals surface area contributed by atoms with Crippen LogP contribution in [-0.4, -0.2) is 66.3 Å². The molecular weight excluding hydrogens is 386 g/mol. The van der Waals surface area contributed by atoms with Gasteiger partial charge in [0.25, 0.3) is 5.91 Å². The molecule has 1 aromatic carbocycles. The van der Waals surface area contributed by atoms with Gasteiger partial charge in [-0.15, -0.1) is 11.8 Å². The number of aromatic nitrogens is 1. The molecule has 0 N–H and O–H groups in total. The molecule has 0 bridgehead atoms. The average Bonchev–Trinajstić information content (AvgIpc) is 3.36. The van der Waals surface area contributed by atoms with Crippen LogP contribution in [0.3, 0.4) is 0 Å². The van der Waals surface area contributed by atoms with E-state index < -0.39 is 0 Å². The molecule has 4 rings (SSSR count). The largest absolute Gasteiger partial charge is 0.377 e. The molecule has 1 amide bonds. The Morgan fingerprint density at radius 2 is 2.00 bits per heavy atom. The highest BCUT2D eigenvalue weighted by molar-refractivity contribution is 7.98. The molecule has 2 aliphatic heterocycles. The SMILES string of the molecule is Cc1noc(C)c1CSc1ccccc1C(=O)N1CCN(C[C@H]2CCCO2)CC1. The van der Waals surface area contributed by atoms with E-state index in [-0.39, 0.29) is 5.91 Å². The van der Waals surface area contributed by atoms with Crippen molar-refractivity contribution in [3.63, 3.8) is 0 Å². The second-order valence-electron chi connectivity index (χ2n) is 7.82. The molecule has 1 atom stereocenters. The van der Waals surface area contributed by atoms with Gasteiger partial charge in [0.2, 0.25) is 0 Å². The summed E-state index contributed by atoms with van der Waals surface area (Å²) in [5, 5.41) is 4.03. The number of carbonyl (C=O) groups excluding carboxylic acids is 1. The minimum Gasteiger partial charge on any atom is -0.377 e. The Labute approximate surface area is 176 Å². The van der Waals surface area contributed by atoms with Crippen molar-refractivity contribution < 1.29 is 14.1 Å². The van der Waals surface area contributed by atoms with Crippen molar-refractivity contribution in [3.05, 3.63) is 46.8 Å². The smallest absolute Gasteiger partial charge is 0.255 e. The van der Waals surface area contributed by atoms with Crippen LogP contribution in [0.1, 0.15) is 40.2 Å². The highest BCUT2D eigenvalue weighted by Gasteiger charge is 2.26. The molecule has 1 aromatic heterocycles. The van der Waals surface area contributed by atoms with Crippen molar-refractivity contribution in [2.24, 2.45) is 0 Å². The maximum atomic E-state index is 13.2. The lowest BCUT2D eigenvalue weighted by Gasteiger charge is -2.36. The second-order valence-corrected chi connectivity index (χ2v) is 8.83. The fraction of sp³-hybridized carbons (Fsp3) is 0.545. The number of thioether (sulfide) groups is 1. The van der Waals surface area contributed by atoms with Gasteiger partial charge in [0, 0.05) is 55.5 Å². The zero-order valence-electron chi connectivity index (χ0n) is 17.2. The van der Waals surface area contributed by atoms with Crippen LogP contribution < -0.4 is 0 Å². The van der Waals surface area contributed by atoms with E-state index in [9.17, 15) is 4.79 Å². The number of piperazine rings is 1. The summed E-state index contributed by atoms with van der Waals surface area (Å²) in [4.78, 5) is 18.6. The van der Waals surface area contributed by atoms with E-state index in [0.29, 0.717) is 6.10 Å². The Morgan fingerprint density at radius 3 is 2.69 bits per heavy atom. The normalized spacial score (nSPS) is 20.3. The van der Waals surface area contributed by atoms with Gasteiger partial charge in [0.15, 0.2) is 0 Å². The summed E-state index contributed by atoms with van der Waals surface area (Å²) in [5.74, 6) is 1.73. The lowest BCUT2D eigenvalue weighted by molar-refractivity contribution is 0.0431. The average molecular weight is 416 g/mol. The van der Waals surface area contributed by atoms with Crippen LogP contribution in [-0.2, 0) is 10.5 Å². The number of nitrogens with zero attached hydrogens (tertiary/aromatic N) is 3. The summed E-state index contributed by atoms with van der Waals surface area (Å²) in [6.07, 6.45) is 2.71. The van der Waals surface area contributed by atoms with E-state index in [1.807, 2.05) is 43.0 Å². The Kier molecular flexibility index (Phi) is 6.57.